The summed E-state index contributed by atoms with van der Waals surface area (Å²) < 4.78 is 27.6. The Hall–Kier alpha value is -2.54. The fraction of sp³-hybridized carbons (Fsp3) is 0.0588. The minimum Gasteiger partial charge on any atom is -0.339 e. The van der Waals surface area contributed by atoms with Gasteiger partial charge in [-0.1, -0.05) is 12.1 Å². The molecule has 0 fully saturated rings. The van der Waals surface area contributed by atoms with E-state index in [1.165, 1.54) is 12.1 Å². The molecule has 1 heterocycles. The number of rotatable bonds is 4. The van der Waals surface area contributed by atoms with Crippen molar-refractivity contribution in [3.8, 4) is 0 Å². The number of hydrogen-bond acceptors (Lipinski definition) is 4. The summed E-state index contributed by atoms with van der Waals surface area (Å²) in [7, 11) is 0. The van der Waals surface area contributed by atoms with Crippen LogP contribution in [0.5, 0.6) is 0 Å². The highest BCUT2D eigenvalue weighted by atomic mass is 79.9. The summed E-state index contributed by atoms with van der Waals surface area (Å²) >= 11 is 3.45. The highest BCUT2D eigenvalue weighted by Gasteiger charge is 2.08. The Labute approximate surface area is 146 Å². The topological polar surface area (TPSA) is 49.8 Å². The van der Waals surface area contributed by atoms with E-state index in [-0.39, 0.29) is 11.6 Å². The van der Waals surface area contributed by atoms with Gasteiger partial charge in [0, 0.05) is 22.3 Å². The molecule has 7 heteroatoms. The molecule has 0 atom stereocenters. The van der Waals surface area contributed by atoms with Crippen molar-refractivity contribution in [1.82, 2.24) is 9.97 Å². The highest BCUT2D eigenvalue weighted by molar-refractivity contribution is 9.10. The third kappa shape index (κ3) is 3.86. The van der Waals surface area contributed by atoms with E-state index in [2.05, 4.69) is 36.5 Å². The van der Waals surface area contributed by atoms with Crippen molar-refractivity contribution in [2.24, 2.45) is 0 Å². The first-order valence-electron chi connectivity index (χ1n) is 7.10. The van der Waals surface area contributed by atoms with Crippen LogP contribution in [0, 0.1) is 18.6 Å². The molecule has 0 spiro atoms. The largest absolute Gasteiger partial charge is 0.339 e. The van der Waals surface area contributed by atoms with Gasteiger partial charge in [0.25, 0.3) is 0 Å². The molecule has 4 nitrogen and oxygen atoms in total. The van der Waals surface area contributed by atoms with E-state index in [0.29, 0.717) is 11.5 Å². The number of para-hydroxylation sites is 1. The quantitative estimate of drug-likeness (QED) is 0.633. The molecule has 0 amide bonds. The van der Waals surface area contributed by atoms with Gasteiger partial charge in [0.05, 0.1) is 11.4 Å². The van der Waals surface area contributed by atoms with Gasteiger partial charge in [-0.3, -0.25) is 0 Å². The lowest BCUT2D eigenvalue weighted by Gasteiger charge is -2.11. The van der Waals surface area contributed by atoms with Crippen molar-refractivity contribution in [2.75, 3.05) is 10.6 Å². The SMILES string of the molecule is Cc1cc(Nc2ccccc2Br)nc(Nc2ccc(F)cc2F)n1. The van der Waals surface area contributed by atoms with Gasteiger partial charge in [-0.15, -0.1) is 0 Å². The van der Waals surface area contributed by atoms with E-state index >= 15 is 0 Å². The Morgan fingerprint density at radius 1 is 0.917 bits per heavy atom. The van der Waals surface area contributed by atoms with Gasteiger partial charge in [0.2, 0.25) is 5.95 Å². The monoisotopic (exact) mass is 390 g/mol. The second kappa shape index (κ2) is 6.92. The molecule has 0 unspecified atom stereocenters. The molecule has 0 saturated heterocycles. The van der Waals surface area contributed by atoms with Crippen LogP contribution in [-0.2, 0) is 0 Å². The Morgan fingerprint density at radius 3 is 2.46 bits per heavy atom. The van der Waals surface area contributed by atoms with Crippen molar-refractivity contribution in [3.05, 3.63) is 70.3 Å². The number of aromatic nitrogens is 2. The molecule has 2 aromatic carbocycles. The molecule has 0 aliphatic heterocycles. The third-order valence-corrected chi connectivity index (χ3v) is 3.86. The van der Waals surface area contributed by atoms with Gasteiger partial charge in [-0.2, -0.15) is 4.98 Å². The summed E-state index contributed by atoms with van der Waals surface area (Å²) in [6.45, 7) is 1.80. The fourth-order valence-electron chi connectivity index (χ4n) is 2.10. The van der Waals surface area contributed by atoms with Crippen molar-refractivity contribution >= 4 is 39.1 Å². The summed E-state index contributed by atoms with van der Waals surface area (Å²) in [5.41, 5.74) is 1.65. The molecule has 3 rings (SSSR count). The summed E-state index contributed by atoms with van der Waals surface area (Å²) in [6, 6.07) is 12.7. The molecular formula is C17H13BrF2N4. The molecule has 0 radical (unpaired) electrons. The third-order valence-electron chi connectivity index (χ3n) is 3.17. The first-order valence-corrected chi connectivity index (χ1v) is 7.90. The molecule has 3 aromatic rings. The fourth-order valence-corrected chi connectivity index (χ4v) is 2.48. The zero-order valence-electron chi connectivity index (χ0n) is 12.6. The van der Waals surface area contributed by atoms with E-state index in [4.69, 9.17) is 0 Å². The highest BCUT2D eigenvalue weighted by Crippen LogP contribution is 2.26. The Kier molecular flexibility index (Phi) is 4.71. The van der Waals surface area contributed by atoms with Gasteiger partial charge in [-0.05, 0) is 47.1 Å². The lowest BCUT2D eigenvalue weighted by Crippen LogP contribution is -2.03. The Balaban J connectivity index is 1.87. The molecule has 0 aliphatic carbocycles. The summed E-state index contributed by atoms with van der Waals surface area (Å²) in [5.74, 6) is -0.575. The van der Waals surface area contributed by atoms with E-state index in [1.54, 1.807) is 13.0 Å². The van der Waals surface area contributed by atoms with Crippen LogP contribution in [0.1, 0.15) is 5.69 Å². The normalized spacial score (nSPS) is 10.5. The lowest BCUT2D eigenvalue weighted by molar-refractivity contribution is 0.586. The van der Waals surface area contributed by atoms with Crippen LogP contribution in [0.15, 0.2) is 53.0 Å². The van der Waals surface area contributed by atoms with E-state index < -0.39 is 11.6 Å². The maximum atomic E-state index is 13.8. The molecule has 122 valence electrons. The van der Waals surface area contributed by atoms with Crippen molar-refractivity contribution in [2.45, 2.75) is 6.92 Å². The molecule has 0 saturated carbocycles. The van der Waals surface area contributed by atoms with Gasteiger partial charge in [-0.25, -0.2) is 13.8 Å². The minimum absolute atomic E-state index is 0.105. The average molecular weight is 391 g/mol. The molecular weight excluding hydrogens is 378 g/mol. The maximum absolute atomic E-state index is 13.8. The second-order valence-corrected chi connectivity index (χ2v) is 5.93. The molecule has 1 aromatic heterocycles. The number of hydrogen-bond donors (Lipinski definition) is 2. The van der Waals surface area contributed by atoms with Crippen molar-refractivity contribution < 1.29 is 8.78 Å². The lowest BCUT2D eigenvalue weighted by atomic mass is 10.3. The number of anilines is 4. The van der Waals surface area contributed by atoms with Gasteiger partial charge < -0.3 is 10.6 Å². The number of halogens is 3. The van der Waals surface area contributed by atoms with Crippen LogP contribution < -0.4 is 10.6 Å². The zero-order chi connectivity index (χ0) is 17.1. The summed E-state index contributed by atoms with van der Waals surface area (Å²) in [6.07, 6.45) is 0. The first-order chi connectivity index (χ1) is 11.5. The Morgan fingerprint density at radius 2 is 1.71 bits per heavy atom. The number of aryl methyl sites for hydroxylation is 1. The number of benzene rings is 2. The van der Waals surface area contributed by atoms with Crippen LogP contribution in [0.25, 0.3) is 0 Å². The summed E-state index contributed by atoms with van der Waals surface area (Å²) in [5, 5.41) is 5.94. The molecule has 0 bridgehead atoms. The average Bonchev–Trinajstić information content (AvgIpc) is 2.52. The van der Waals surface area contributed by atoms with Crippen LogP contribution in [-0.4, -0.2) is 9.97 Å². The number of nitrogens with one attached hydrogen (secondary N) is 2. The van der Waals surface area contributed by atoms with Crippen LogP contribution in [0.3, 0.4) is 0 Å². The van der Waals surface area contributed by atoms with Crippen LogP contribution in [0.2, 0.25) is 0 Å². The molecule has 0 aliphatic rings. The van der Waals surface area contributed by atoms with Crippen LogP contribution in [0.4, 0.5) is 31.9 Å². The number of nitrogens with zero attached hydrogens (tertiary/aromatic N) is 2. The van der Waals surface area contributed by atoms with E-state index in [0.717, 1.165) is 16.2 Å². The zero-order valence-corrected chi connectivity index (χ0v) is 14.2. The molecule has 2 N–H and O–H groups in total. The van der Waals surface area contributed by atoms with Crippen LogP contribution >= 0.6 is 15.9 Å². The first kappa shape index (κ1) is 16.3. The van der Waals surface area contributed by atoms with Crippen molar-refractivity contribution in [3.63, 3.8) is 0 Å². The van der Waals surface area contributed by atoms with Gasteiger partial charge >= 0.3 is 0 Å². The van der Waals surface area contributed by atoms with Crippen molar-refractivity contribution in [1.29, 1.82) is 0 Å². The minimum atomic E-state index is -0.708. The second-order valence-electron chi connectivity index (χ2n) is 5.07. The predicted molar refractivity (Wildman–Crippen MR) is 93.8 cm³/mol. The van der Waals surface area contributed by atoms with Gasteiger partial charge in [0.15, 0.2) is 0 Å². The van der Waals surface area contributed by atoms with Gasteiger partial charge in [0.1, 0.15) is 17.5 Å². The Bertz CT molecular complexity index is 886. The standard InChI is InChI=1S/C17H13BrF2N4/c1-10-8-16(22-14-5-3-2-4-12(14)18)24-17(21-10)23-15-7-6-11(19)9-13(15)20/h2-9H,1H3,(H2,21,22,23,24). The predicted octanol–water partition coefficient (Wildman–Crippen LogP) is 5.31. The summed E-state index contributed by atoms with van der Waals surface area (Å²) in [4.78, 5) is 8.54. The van der Waals surface area contributed by atoms with E-state index in [9.17, 15) is 8.78 Å². The smallest absolute Gasteiger partial charge is 0.229 e. The maximum Gasteiger partial charge on any atom is 0.229 e. The van der Waals surface area contributed by atoms with E-state index in [1.807, 2.05) is 24.3 Å². The molecule has 24 heavy (non-hydrogen) atoms.